The van der Waals surface area contributed by atoms with Crippen LogP contribution in [-0.2, 0) is 32.7 Å². The van der Waals surface area contributed by atoms with Gasteiger partial charge >= 0.3 is 11.9 Å². The Balaban J connectivity index is 4.52. The fourth-order valence-corrected chi connectivity index (χ4v) is 5.84. The van der Waals surface area contributed by atoms with Crippen molar-refractivity contribution in [2.45, 2.75) is 141 Å². The normalized spacial score (nSPS) is 14.4. The molecule has 0 fully saturated rings. The Kier molecular flexibility index (Phi) is 36.7. The van der Waals surface area contributed by atoms with Crippen molar-refractivity contribution in [3.8, 4) is 0 Å². The average molecular weight is 820 g/mol. The van der Waals surface area contributed by atoms with Gasteiger partial charge in [-0.25, -0.2) is 0 Å². The van der Waals surface area contributed by atoms with Crippen LogP contribution in [0.5, 0.6) is 0 Å². The summed E-state index contributed by atoms with van der Waals surface area (Å²) < 4.78 is 33.8. The Morgan fingerprint density at radius 3 is 1.58 bits per heavy atom. The van der Waals surface area contributed by atoms with Crippen LogP contribution >= 0.6 is 7.82 Å². The van der Waals surface area contributed by atoms with Gasteiger partial charge in [0, 0.05) is 19.4 Å². The fourth-order valence-electron chi connectivity index (χ4n) is 5.11. The highest BCUT2D eigenvalue weighted by molar-refractivity contribution is 7.45. The second-order valence-electron chi connectivity index (χ2n) is 15.0. The lowest BCUT2D eigenvalue weighted by Gasteiger charge is -2.28. The van der Waals surface area contributed by atoms with Gasteiger partial charge in [0.15, 0.2) is 6.10 Å². The summed E-state index contributed by atoms with van der Waals surface area (Å²) >= 11 is 0. The number of phosphoric acid groups is 1. The monoisotopic (exact) mass is 820 g/mol. The first kappa shape index (κ1) is 54.2. The number of hydrogen-bond donors (Lipinski definition) is 1. The minimum atomic E-state index is -4.65. The van der Waals surface area contributed by atoms with Crippen LogP contribution in [-0.4, -0.2) is 81.7 Å². The number of rotatable bonds is 38. The summed E-state index contributed by atoms with van der Waals surface area (Å²) in [6.45, 7) is 2.00. The molecule has 0 spiro atoms. The number of carbonyl (C=O) groups is 2. The van der Waals surface area contributed by atoms with E-state index in [0.717, 1.165) is 96.3 Å². The molecule has 1 unspecified atom stereocenters. The van der Waals surface area contributed by atoms with E-state index in [1.54, 1.807) is 0 Å². The van der Waals surface area contributed by atoms with Gasteiger partial charge in [-0.3, -0.25) is 14.2 Å². The number of aliphatic hydroxyl groups excluding tert-OH is 1. The Bertz CT molecular complexity index is 1250. The minimum absolute atomic E-state index is 0.0537. The van der Waals surface area contributed by atoms with E-state index >= 15 is 0 Å². The number of unbranched alkanes of at least 4 members (excludes halogenated alkanes) is 9. The van der Waals surface area contributed by atoms with E-state index in [2.05, 4.69) is 85.9 Å². The zero-order valence-electron chi connectivity index (χ0n) is 35.9. The predicted octanol–water partition coefficient (Wildman–Crippen LogP) is 10.4. The summed E-state index contributed by atoms with van der Waals surface area (Å²) in [6.07, 6.45) is 46.3. The second-order valence-corrected chi connectivity index (χ2v) is 16.5. The highest BCUT2D eigenvalue weighted by Crippen LogP contribution is 2.38. The largest absolute Gasteiger partial charge is 0.756 e. The SMILES string of the molecule is CC/C=C\C/C=C\C/C=C\CCCCCCCC(=O)OC[C@H](COP(=O)([O-])OCC[N+](C)(C)C)OC(=O)CCC/C=C\C/C=C\C/C=C\C/C=C\CCCCCO. The zero-order chi connectivity index (χ0) is 42.1. The van der Waals surface area contributed by atoms with Crippen LogP contribution in [0, 0.1) is 0 Å². The van der Waals surface area contributed by atoms with E-state index in [4.69, 9.17) is 23.6 Å². The molecule has 326 valence electrons. The Labute approximate surface area is 346 Å². The fraction of sp³-hybridized carbons (Fsp3) is 0.652. The molecule has 0 rings (SSSR count). The maximum atomic E-state index is 12.6. The van der Waals surface area contributed by atoms with Crippen molar-refractivity contribution >= 4 is 19.8 Å². The quantitative estimate of drug-likeness (QED) is 0.0213. The van der Waals surface area contributed by atoms with Gasteiger partial charge < -0.3 is 33.0 Å². The third kappa shape index (κ3) is 42.6. The molecule has 0 saturated heterocycles. The third-order valence-corrected chi connectivity index (χ3v) is 9.42. The number of hydrogen-bond acceptors (Lipinski definition) is 9. The Morgan fingerprint density at radius 1 is 0.596 bits per heavy atom. The molecule has 0 aliphatic heterocycles. The van der Waals surface area contributed by atoms with E-state index in [-0.39, 0.29) is 32.7 Å². The number of aliphatic hydroxyl groups is 1. The van der Waals surface area contributed by atoms with Crippen molar-refractivity contribution in [1.82, 2.24) is 0 Å². The summed E-state index contributed by atoms with van der Waals surface area (Å²) in [5, 5.41) is 8.80. The molecule has 0 heterocycles. The van der Waals surface area contributed by atoms with Gasteiger partial charge in [0.05, 0.1) is 27.7 Å². The standard InChI is InChI=1S/C46H78NO9P/c1-5-6-7-8-9-10-11-12-16-19-22-25-28-31-34-37-45(49)53-42-44(43-55-57(51,52)54-41-39-47(2,3)4)56-46(50)38-35-32-29-26-23-20-17-14-13-15-18-21-24-27-30-33-36-40-48/h6-7,9-10,12-13,15-17,20-21,24,26,29,44,48H,5,8,11,14,18-19,22-23,25,27-28,30-43H2,1-4H3/b7-6-,10-9-,15-13-,16-12-,20-17-,24-21-,29-26-/t44-/m1/s1. The molecule has 1 N–H and O–H groups in total. The molecule has 0 bridgehead atoms. The van der Waals surface area contributed by atoms with Gasteiger partial charge in [0.2, 0.25) is 0 Å². The number of phosphoric ester groups is 1. The van der Waals surface area contributed by atoms with Gasteiger partial charge in [-0.2, -0.15) is 0 Å². The Hall–Kier alpha value is -2.85. The van der Waals surface area contributed by atoms with Crippen LogP contribution in [0.1, 0.15) is 135 Å². The maximum absolute atomic E-state index is 12.6. The van der Waals surface area contributed by atoms with Gasteiger partial charge in [-0.1, -0.05) is 118 Å². The van der Waals surface area contributed by atoms with Crippen molar-refractivity contribution in [2.24, 2.45) is 0 Å². The third-order valence-electron chi connectivity index (χ3n) is 8.45. The van der Waals surface area contributed by atoms with Gasteiger partial charge in [-0.05, 0) is 89.9 Å². The highest BCUT2D eigenvalue weighted by atomic mass is 31.2. The first-order valence-corrected chi connectivity index (χ1v) is 22.9. The average Bonchev–Trinajstić information content (AvgIpc) is 3.16. The van der Waals surface area contributed by atoms with Gasteiger partial charge in [-0.15, -0.1) is 0 Å². The summed E-state index contributed by atoms with van der Waals surface area (Å²) in [4.78, 5) is 37.5. The van der Waals surface area contributed by atoms with Crippen molar-refractivity contribution in [2.75, 3.05) is 54.1 Å². The van der Waals surface area contributed by atoms with Crippen molar-refractivity contribution in [1.29, 1.82) is 0 Å². The van der Waals surface area contributed by atoms with Crippen LogP contribution in [0.3, 0.4) is 0 Å². The van der Waals surface area contributed by atoms with E-state index in [0.29, 0.717) is 30.3 Å². The van der Waals surface area contributed by atoms with Crippen LogP contribution in [0.2, 0.25) is 0 Å². The number of likely N-dealkylation sites (N-methyl/N-ethyl adjacent to an activating group) is 1. The summed E-state index contributed by atoms with van der Waals surface area (Å²) in [7, 11) is 1.09. The molecular weight excluding hydrogens is 741 g/mol. The van der Waals surface area contributed by atoms with E-state index < -0.39 is 32.5 Å². The number of allylic oxidation sites excluding steroid dienone is 14. The van der Waals surface area contributed by atoms with Crippen LogP contribution < -0.4 is 4.89 Å². The molecule has 0 saturated carbocycles. The molecule has 0 aliphatic rings. The molecule has 10 nitrogen and oxygen atoms in total. The van der Waals surface area contributed by atoms with Crippen molar-refractivity contribution in [3.05, 3.63) is 85.1 Å². The number of esters is 2. The molecule has 0 aromatic rings. The molecule has 0 aromatic heterocycles. The van der Waals surface area contributed by atoms with E-state index in [1.807, 2.05) is 27.2 Å². The molecule has 0 aliphatic carbocycles. The molecule has 0 amide bonds. The van der Waals surface area contributed by atoms with Crippen LogP contribution in [0.15, 0.2) is 85.1 Å². The molecule has 0 radical (unpaired) electrons. The van der Waals surface area contributed by atoms with E-state index in [9.17, 15) is 19.0 Å². The van der Waals surface area contributed by atoms with Crippen LogP contribution in [0.4, 0.5) is 0 Å². The molecule has 57 heavy (non-hydrogen) atoms. The topological polar surface area (TPSA) is 131 Å². The van der Waals surface area contributed by atoms with E-state index in [1.165, 1.54) is 0 Å². The van der Waals surface area contributed by atoms with Crippen molar-refractivity contribution in [3.63, 3.8) is 0 Å². The summed E-state index contributed by atoms with van der Waals surface area (Å²) in [6, 6.07) is 0. The Morgan fingerprint density at radius 2 is 1.05 bits per heavy atom. The zero-order valence-corrected chi connectivity index (χ0v) is 36.8. The number of ether oxygens (including phenoxy) is 2. The number of quaternary nitrogens is 1. The maximum Gasteiger partial charge on any atom is 0.306 e. The summed E-state index contributed by atoms with van der Waals surface area (Å²) in [5.41, 5.74) is 0. The number of carbonyl (C=O) groups excluding carboxylic acids is 2. The smallest absolute Gasteiger partial charge is 0.306 e. The lowest BCUT2D eigenvalue weighted by Crippen LogP contribution is -2.37. The molecule has 11 heteroatoms. The van der Waals surface area contributed by atoms with Crippen LogP contribution in [0.25, 0.3) is 0 Å². The van der Waals surface area contributed by atoms with Gasteiger partial charge in [0.25, 0.3) is 7.82 Å². The first-order valence-electron chi connectivity index (χ1n) is 21.4. The molecule has 0 aromatic carbocycles. The van der Waals surface area contributed by atoms with Gasteiger partial charge in [0.1, 0.15) is 19.8 Å². The minimum Gasteiger partial charge on any atom is -0.756 e. The predicted molar refractivity (Wildman–Crippen MR) is 232 cm³/mol. The number of nitrogens with zero attached hydrogens (tertiary/aromatic N) is 1. The molecular formula is C46H78NO9P. The first-order chi connectivity index (χ1) is 27.5. The second kappa shape index (κ2) is 38.7. The molecule has 2 atom stereocenters. The lowest BCUT2D eigenvalue weighted by atomic mass is 10.1. The van der Waals surface area contributed by atoms with Crippen molar-refractivity contribution < 1.29 is 47.2 Å². The highest BCUT2D eigenvalue weighted by Gasteiger charge is 2.21. The lowest BCUT2D eigenvalue weighted by molar-refractivity contribution is -0.870. The summed E-state index contributed by atoms with van der Waals surface area (Å²) in [5.74, 6) is -0.944.